The minimum Gasteiger partial charge on any atom is -0.431 e. The predicted octanol–water partition coefficient (Wildman–Crippen LogP) is 2.51. The Balaban J connectivity index is 1.57. The second kappa shape index (κ2) is 5.07. The molecule has 0 unspecified atom stereocenters. The maximum Gasteiger partial charge on any atom is 0.302 e. The van der Waals surface area contributed by atoms with E-state index in [9.17, 15) is 0 Å². The molecule has 1 aromatic heterocycles. The van der Waals surface area contributed by atoms with Crippen LogP contribution in [0.2, 0.25) is 0 Å². The van der Waals surface area contributed by atoms with E-state index in [-0.39, 0.29) is 0 Å². The fourth-order valence-corrected chi connectivity index (χ4v) is 2.74. The Hall–Kier alpha value is -2.01. The number of rotatable bonds is 4. The first-order valence-corrected chi connectivity index (χ1v) is 7.57. The number of fused-ring (bicyclic) bond motifs is 1. The fraction of sp³-hybridized carbons (Fsp3) is 0.438. The summed E-state index contributed by atoms with van der Waals surface area (Å²) in [5.41, 5.74) is 3.36. The average Bonchev–Trinajstić information content (AvgIpc) is 3.23. The summed E-state index contributed by atoms with van der Waals surface area (Å²) in [5, 5.41) is 3.47. The number of hydrogen-bond donors (Lipinski definition) is 1. The fourth-order valence-electron chi connectivity index (χ4n) is 2.74. The van der Waals surface area contributed by atoms with Crippen molar-refractivity contribution in [3.05, 3.63) is 36.2 Å². The van der Waals surface area contributed by atoms with E-state index in [1.54, 1.807) is 6.26 Å². The number of hydrogen-bond acceptors (Lipinski definition) is 5. The van der Waals surface area contributed by atoms with Crippen LogP contribution in [0.25, 0.3) is 0 Å². The van der Waals surface area contributed by atoms with E-state index in [0.717, 1.165) is 31.0 Å². The van der Waals surface area contributed by atoms with E-state index >= 15 is 0 Å². The van der Waals surface area contributed by atoms with Crippen LogP contribution in [0.15, 0.2) is 34.9 Å². The zero-order valence-corrected chi connectivity index (χ0v) is 12.2. The molecule has 0 amide bonds. The highest BCUT2D eigenvalue weighted by Gasteiger charge is 2.25. The summed E-state index contributed by atoms with van der Waals surface area (Å²) >= 11 is 0. The number of benzene rings is 1. The van der Waals surface area contributed by atoms with Gasteiger partial charge in [0.2, 0.25) is 0 Å². The Bertz CT molecular complexity index is 635. The minimum atomic E-state index is 0.689. The second-order valence-electron chi connectivity index (χ2n) is 5.84. The molecule has 4 rings (SSSR count). The molecule has 2 aromatic rings. The molecule has 21 heavy (non-hydrogen) atoms. The van der Waals surface area contributed by atoms with E-state index in [1.165, 1.54) is 18.5 Å². The number of para-hydroxylation sites is 2. The van der Waals surface area contributed by atoms with Crippen molar-refractivity contribution in [3.8, 4) is 0 Å². The highest BCUT2D eigenvalue weighted by atomic mass is 16.4. The van der Waals surface area contributed by atoms with Crippen LogP contribution in [0.4, 0.5) is 17.4 Å². The number of likely N-dealkylation sites (N-methyl/N-ethyl adjacent to an activating group) is 1. The van der Waals surface area contributed by atoms with Crippen molar-refractivity contribution in [2.45, 2.75) is 25.4 Å². The lowest BCUT2D eigenvalue weighted by molar-refractivity contribution is 0.547. The van der Waals surface area contributed by atoms with Crippen molar-refractivity contribution >= 4 is 17.4 Å². The number of nitrogens with one attached hydrogen (secondary N) is 1. The lowest BCUT2D eigenvalue weighted by Gasteiger charge is -2.34. The summed E-state index contributed by atoms with van der Waals surface area (Å²) in [6, 6.07) is 9.78. The van der Waals surface area contributed by atoms with E-state index in [0.29, 0.717) is 12.1 Å². The molecule has 1 N–H and O–H groups in total. The van der Waals surface area contributed by atoms with Crippen LogP contribution < -0.4 is 15.1 Å². The van der Waals surface area contributed by atoms with Gasteiger partial charge in [-0.15, -0.1) is 0 Å². The van der Waals surface area contributed by atoms with Gasteiger partial charge < -0.3 is 14.6 Å². The topological polar surface area (TPSA) is 44.5 Å². The molecule has 0 spiro atoms. The van der Waals surface area contributed by atoms with Gasteiger partial charge in [-0.1, -0.05) is 12.1 Å². The summed E-state index contributed by atoms with van der Waals surface area (Å²) < 4.78 is 5.71. The van der Waals surface area contributed by atoms with Crippen molar-refractivity contribution < 1.29 is 4.42 Å². The van der Waals surface area contributed by atoms with Gasteiger partial charge in [-0.2, -0.15) is 4.98 Å². The highest BCUT2D eigenvalue weighted by Crippen LogP contribution is 2.36. The molecule has 110 valence electrons. The largest absolute Gasteiger partial charge is 0.431 e. The van der Waals surface area contributed by atoms with Gasteiger partial charge in [0.05, 0.1) is 17.1 Å². The third kappa shape index (κ3) is 2.49. The molecule has 0 bridgehead atoms. The van der Waals surface area contributed by atoms with Crippen LogP contribution in [0.3, 0.4) is 0 Å². The van der Waals surface area contributed by atoms with E-state index in [2.05, 4.69) is 51.4 Å². The van der Waals surface area contributed by atoms with Gasteiger partial charge >= 0.3 is 6.01 Å². The summed E-state index contributed by atoms with van der Waals surface area (Å²) in [5.74, 6) is 0. The van der Waals surface area contributed by atoms with Crippen molar-refractivity contribution in [1.82, 2.24) is 10.3 Å². The van der Waals surface area contributed by atoms with Gasteiger partial charge in [-0.05, 0) is 25.0 Å². The van der Waals surface area contributed by atoms with Gasteiger partial charge in [0.15, 0.2) is 0 Å². The second-order valence-corrected chi connectivity index (χ2v) is 5.84. The Morgan fingerprint density at radius 2 is 2.05 bits per heavy atom. The van der Waals surface area contributed by atoms with Gasteiger partial charge in [0.1, 0.15) is 6.26 Å². The molecule has 1 aliphatic heterocycles. The Kier molecular flexibility index (Phi) is 3.07. The standard InChI is InChI=1S/C16H20N4O/c1-19-8-9-20(15-5-3-2-4-14(15)19)16-18-13(11-21-16)10-17-12-6-7-12/h2-5,11-12,17H,6-10H2,1H3. The molecule has 1 aromatic carbocycles. The van der Waals surface area contributed by atoms with Crippen LogP contribution in [0.5, 0.6) is 0 Å². The first-order chi connectivity index (χ1) is 10.3. The van der Waals surface area contributed by atoms with E-state index in [4.69, 9.17) is 4.42 Å². The molecule has 0 saturated heterocycles. The van der Waals surface area contributed by atoms with Crippen LogP contribution in [-0.4, -0.2) is 31.2 Å². The minimum absolute atomic E-state index is 0.689. The first kappa shape index (κ1) is 12.7. The molecule has 0 atom stereocenters. The van der Waals surface area contributed by atoms with Crippen LogP contribution in [-0.2, 0) is 6.54 Å². The number of nitrogens with zero attached hydrogens (tertiary/aromatic N) is 3. The molecule has 5 heteroatoms. The smallest absolute Gasteiger partial charge is 0.302 e. The van der Waals surface area contributed by atoms with E-state index in [1.807, 2.05) is 0 Å². The normalized spacial score (nSPS) is 18.0. The maximum atomic E-state index is 5.71. The quantitative estimate of drug-likeness (QED) is 0.934. The zero-order valence-electron chi connectivity index (χ0n) is 12.2. The lowest BCUT2D eigenvalue weighted by atomic mass is 10.2. The number of aromatic nitrogens is 1. The average molecular weight is 284 g/mol. The van der Waals surface area contributed by atoms with Gasteiger partial charge in [0.25, 0.3) is 0 Å². The van der Waals surface area contributed by atoms with Crippen LogP contribution >= 0.6 is 0 Å². The summed E-state index contributed by atoms with van der Waals surface area (Å²) in [4.78, 5) is 9.07. The van der Waals surface area contributed by atoms with Gasteiger partial charge in [0, 0.05) is 32.7 Å². The summed E-state index contributed by atoms with van der Waals surface area (Å²) in [7, 11) is 2.12. The molecule has 2 heterocycles. The summed E-state index contributed by atoms with van der Waals surface area (Å²) in [6.07, 6.45) is 4.35. The SMILES string of the molecule is CN1CCN(c2nc(CNC3CC3)co2)c2ccccc21. The molecular weight excluding hydrogens is 264 g/mol. The molecule has 1 aliphatic carbocycles. The predicted molar refractivity (Wildman–Crippen MR) is 83.1 cm³/mol. The van der Waals surface area contributed by atoms with Gasteiger partial charge in [-0.25, -0.2) is 0 Å². The third-order valence-corrected chi connectivity index (χ3v) is 4.16. The Labute approximate surface area is 124 Å². The molecule has 1 fully saturated rings. The first-order valence-electron chi connectivity index (χ1n) is 7.57. The van der Waals surface area contributed by atoms with Crippen molar-refractivity contribution in [2.75, 3.05) is 29.9 Å². The monoisotopic (exact) mass is 284 g/mol. The van der Waals surface area contributed by atoms with Crippen molar-refractivity contribution in [3.63, 3.8) is 0 Å². The van der Waals surface area contributed by atoms with Gasteiger partial charge in [-0.3, -0.25) is 4.90 Å². The van der Waals surface area contributed by atoms with E-state index < -0.39 is 0 Å². The van der Waals surface area contributed by atoms with Crippen LogP contribution in [0, 0.1) is 0 Å². The zero-order chi connectivity index (χ0) is 14.2. The van der Waals surface area contributed by atoms with Crippen molar-refractivity contribution in [2.24, 2.45) is 0 Å². The Morgan fingerprint density at radius 1 is 1.24 bits per heavy atom. The molecule has 5 nitrogen and oxygen atoms in total. The van der Waals surface area contributed by atoms with Crippen LogP contribution in [0.1, 0.15) is 18.5 Å². The summed E-state index contributed by atoms with van der Waals surface area (Å²) in [6.45, 7) is 2.65. The Morgan fingerprint density at radius 3 is 2.86 bits per heavy atom. The number of anilines is 3. The third-order valence-electron chi connectivity index (χ3n) is 4.16. The molecule has 2 aliphatic rings. The molecule has 0 radical (unpaired) electrons. The molecular formula is C16H20N4O. The highest BCUT2D eigenvalue weighted by molar-refractivity contribution is 5.76. The lowest BCUT2D eigenvalue weighted by Crippen LogP contribution is -2.36. The maximum absolute atomic E-state index is 5.71. The molecule has 1 saturated carbocycles. The van der Waals surface area contributed by atoms with Crippen molar-refractivity contribution in [1.29, 1.82) is 0 Å². The number of oxazole rings is 1.